The molecule has 0 aromatic carbocycles. The summed E-state index contributed by atoms with van der Waals surface area (Å²) >= 11 is 1.53. The maximum atomic E-state index is 4.15. The molecule has 1 aromatic rings. The number of rotatable bonds is 4. The Labute approximate surface area is 70.2 Å². The Morgan fingerprint density at radius 3 is 3.00 bits per heavy atom. The summed E-state index contributed by atoms with van der Waals surface area (Å²) in [5, 5.41) is 10.6. The molecule has 5 heteroatoms. The molecule has 1 heterocycles. The lowest BCUT2D eigenvalue weighted by Crippen LogP contribution is -2.00. The number of hydrogen-bond donors (Lipinski definition) is 2. The first kappa shape index (κ1) is 8.39. The van der Waals surface area contributed by atoms with Crippen LogP contribution >= 0.6 is 11.8 Å². The molecule has 1 rings (SSSR count). The molecule has 0 aliphatic heterocycles. The molecule has 0 aliphatic carbocycles. The molecule has 4 nitrogen and oxygen atoms in total. The van der Waals surface area contributed by atoms with Crippen molar-refractivity contribution >= 4 is 17.7 Å². The molecular weight excluding hydrogens is 160 g/mol. The molecule has 0 unspecified atom stereocenters. The predicted octanol–water partition coefficient (Wildman–Crippen LogP) is 1.35. The van der Waals surface area contributed by atoms with E-state index in [0.29, 0.717) is 0 Å². The van der Waals surface area contributed by atoms with Crippen molar-refractivity contribution in [1.29, 1.82) is 0 Å². The van der Waals surface area contributed by atoms with Gasteiger partial charge < -0.3 is 5.32 Å². The van der Waals surface area contributed by atoms with Crippen LogP contribution < -0.4 is 5.32 Å². The Hall–Kier alpha value is -0.710. The Morgan fingerprint density at radius 1 is 1.64 bits per heavy atom. The lowest BCUT2D eigenvalue weighted by atomic mass is 10.5. The van der Waals surface area contributed by atoms with Crippen molar-refractivity contribution in [2.75, 3.05) is 18.1 Å². The van der Waals surface area contributed by atoms with Gasteiger partial charge in [-0.2, -0.15) is 4.98 Å². The first-order valence-corrected chi connectivity index (χ1v) is 4.79. The minimum absolute atomic E-state index is 0.760. The molecule has 0 aliphatic rings. The van der Waals surface area contributed by atoms with Crippen LogP contribution in [0.3, 0.4) is 0 Å². The highest BCUT2D eigenvalue weighted by atomic mass is 32.2. The monoisotopic (exact) mass is 172 g/mol. The van der Waals surface area contributed by atoms with Crippen LogP contribution in [-0.2, 0) is 0 Å². The summed E-state index contributed by atoms with van der Waals surface area (Å²) in [6, 6.07) is 0. The van der Waals surface area contributed by atoms with Gasteiger partial charge >= 0.3 is 0 Å². The standard InChI is InChI=1S/C6H12N4S/c1-3-4-7-5-8-6(11-2)10-9-5/h3-4H2,1-2H3,(H2,7,8,9,10). The van der Waals surface area contributed by atoms with Crippen LogP contribution in [0.2, 0.25) is 0 Å². The quantitative estimate of drug-likeness (QED) is 0.673. The minimum Gasteiger partial charge on any atom is -0.355 e. The van der Waals surface area contributed by atoms with Gasteiger partial charge in [0.1, 0.15) is 0 Å². The SMILES string of the molecule is CCCNc1nc(SC)n[nH]1. The highest BCUT2D eigenvalue weighted by molar-refractivity contribution is 7.98. The summed E-state index contributed by atoms with van der Waals surface area (Å²) in [5.41, 5.74) is 0. The second-order valence-electron chi connectivity index (χ2n) is 2.10. The highest BCUT2D eigenvalue weighted by Crippen LogP contribution is 2.08. The van der Waals surface area contributed by atoms with E-state index in [1.165, 1.54) is 11.8 Å². The number of nitrogens with zero attached hydrogens (tertiary/aromatic N) is 2. The topological polar surface area (TPSA) is 53.6 Å². The normalized spacial score (nSPS) is 10.0. The van der Waals surface area contributed by atoms with Crippen LogP contribution in [0, 0.1) is 0 Å². The maximum absolute atomic E-state index is 4.15. The maximum Gasteiger partial charge on any atom is 0.219 e. The molecule has 0 bridgehead atoms. The fraction of sp³-hybridized carbons (Fsp3) is 0.667. The lowest BCUT2D eigenvalue weighted by Gasteiger charge is -1.95. The van der Waals surface area contributed by atoms with Gasteiger partial charge in [-0.05, 0) is 12.7 Å². The third-order valence-corrected chi connectivity index (χ3v) is 1.74. The van der Waals surface area contributed by atoms with E-state index in [1.807, 2.05) is 6.26 Å². The number of aromatic amines is 1. The Bertz CT molecular complexity index is 210. The smallest absolute Gasteiger partial charge is 0.219 e. The molecule has 1 aromatic heterocycles. The summed E-state index contributed by atoms with van der Waals surface area (Å²) in [6.45, 7) is 3.04. The largest absolute Gasteiger partial charge is 0.355 e. The molecule has 0 radical (unpaired) electrons. The average Bonchev–Trinajstić information content (AvgIpc) is 2.48. The second-order valence-corrected chi connectivity index (χ2v) is 2.87. The molecule has 0 saturated heterocycles. The summed E-state index contributed by atoms with van der Waals surface area (Å²) in [4.78, 5) is 4.15. The zero-order valence-corrected chi connectivity index (χ0v) is 7.53. The Kier molecular flexibility index (Phi) is 3.22. The fourth-order valence-corrected chi connectivity index (χ4v) is 0.980. The van der Waals surface area contributed by atoms with Crippen molar-refractivity contribution < 1.29 is 0 Å². The van der Waals surface area contributed by atoms with Gasteiger partial charge in [0, 0.05) is 6.54 Å². The molecule has 0 fully saturated rings. The van der Waals surface area contributed by atoms with Crippen molar-refractivity contribution in [2.24, 2.45) is 0 Å². The molecule has 11 heavy (non-hydrogen) atoms. The van der Waals surface area contributed by atoms with E-state index in [-0.39, 0.29) is 0 Å². The Morgan fingerprint density at radius 2 is 2.45 bits per heavy atom. The average molecular weight is 172 g/mol. The van der Waals surface area contributed by atoms with Crippen LogP contribution in [0.5, 0.6) is 0 Å². The summed E-state index contributed by atoms with van der Waals surface area (Å²) < 4.78 is 0. The van der Waals surface area contributed by atoms with E-state index in [1.54, 1.807) is 0 Å². The van der Waals surface area contributed by atoms with Crippen molar-refractivity contribution in [3.63, 3.8) is 0 Å². The summed E-state index contributed by atoms with van der Waals surface area (Å²) in [6.07, 6.45) is 3.04. The number of nitrogens with one attached hydrogen (secondary N) is 2. The number of hydrogen-bond acceptors (Lipinski definition) is 4. The van der Waals surface area contributed by atoms with Crippen LogP contribution in [0.1, 0.15) is 13.3 Å². The van der Waals surface area contributed by atoms with Crippen molar-refractivity contribution in [1.82, 2.24) is 15.2 Å². The molecule has 0 saturated carbocycles. The lowest BCUT2D eigenvalue weighted by molar-refractivity contribution is 0.951. The van der Waals surface area contributed by atoms with Gasteiger partial charge in [0.15, 0.2) is 0 Å². The molecule has 62 valence electrons. The molecule has 0 atom stereocenters. The van der Waals surface area contributed by atoms with E-state index < -0.39 is 0 Å². The van der Waals surface area contributed by atoms with Gasteiger partial charge in [0.25, 0.3) is 0 Å². The minimum atomic E-state index is 0.760. The van der Waals surface area contributed by atoms with Crippen LogP contribution in [0.15, 0.2) is 5.16 Å². The van der Waals surface area contributed by atoms with Gasteiger partial charge in [-0.25, -0.2) is 5.10 Å². The van der Waals surface area contributed by atoms with Gasteiger partial charge in [0.2, 0.25) is 11.1 Å². The summed E-state index contributed by atoms with van der Waals surface area (Å²) in [5.74, 6) is 0.760. The van der Waals surface area contributed by atoms with Crippen molar-refractivity contribution in [3.05, 3.63) is 0 Å². The number of aromatic nitrogens is 3. The third-order valence-electron chi connectivity index (χ3n) is 1.19. The van der Waals surface area contributed by atoms with Crippen LogP contribution in [0.25, 0.3) is 0 Å². The van der Waals surface area contributed by atoms with Crippen molar-refractivity contribution in [3.8, 4) is 0 Å². The zero-order chi connectivity index (χ0) is 8.10. The van der Waals surface area contributed by atoms with Gasteiger partial charge in [-0.3, -0.25) is 0 Å². The van der Waals surface area contributed by atoms with E-state index in [0.717, 1.165) is 24.1 Å². The first-order valence-electron chi connectivity index (χ1n) is 3.57. The predicted molar refractivity (Wildman–Crippen MR) is 46.9 cm³/mol. The Balaban J connectivity index is 2.44. The van der Waals surface area contributed by atoms with Gasteiger partial charge in [0.05, 0.1) is 0 Å². The van der Waals surface area contributed by atoms with E-state index in [2.05, 4.69) is 27.4 Å². The van der Waals surface area contributed by atoms with Crippen LogP contribution in [-0.4, -0.2) is 28.0 Å². The van der Waals surface area contributed by atoms with E-state index >= 15 is 0 Å². The van der Waals surface area contributed by atoms with Gasteiger partial charge in [-0.15, -0.1) is 5.10 Å². The molecule has 0 spiro atoms. The first-order chi connectivity index (χ1) is 5.36. The summed E-state index contributed by atoms with van der Waals surface area (Å²) in [7, 11) is 0. The fourth-order valence-electron chi connectivity index (χ4n) is 0.660. The van der Waals surface area contributed by atoms with Gasteiger partial charge in [-0.1, -0.05) is 18.7 Å². The molecule has 2 N–H and O–H groups in total. The zero-order valence-electron chi connectivity index (χ0n) is 6.72. The molecular formula is C6H12N4S. The van der Waals surface area contributed by atoms with E-state index in [4.69, 9.17) is 0 Å². The number of thioether (sulfide) groups is 1. The number of anilines is 1. The van der Waals surface area contributed by atoms with E-state index in [9.17, 15) is 0 Å². The number of H-pyrrole nitrogens is 1. The highest BCUT2D eigenvalue weighted by Gasteiger charge is 1.98. The van der Waals surface area contributed by atoms with Crippen molar-refractivity contribution in [2.45, 2.75) is 18.5 Å². The third kappa shape index (κ3) is 2.42. The van der Waals surface area contributed by atoms with Crippen LogP contribution in [0.4, 0.5) is 5.95 Å². The molecule has 0 amide bonds. The second kappa shape index (κ2) is 4.23.